The average molecular weight is 345 g/mol. The van der Waals surface area contributed by atoms with Crippen molar-refractivity contribution in [3.63, 3.8) is 0 Å². The Hall–Kier alpha value is -0.815. The molecule has 0 spiro atoms. The number of halogens is 3. The Morgan fingerprint density at radius 2 is 1.77 bits per heavy atom. The molecule has 0 atom stereocenters. The molecule has 22 heavy (non-hydrogen) atoms. The molecule has 2 aromatic rings. The highest BCUT2D eigenvalue weighted by atomic mass is 35.5. The van der Waals surface area contributed by atoms with Gasteiger partial charge >= 0.3 is 7.12 Å². The van der Waals surface area contributed by atoms with Crippen LogP contribution in [-0.4, -0.2) is 28.1 Å². The molecule has 1 aromatic heterocycles. The lowest BCUT2D eigenvalue weighted by atomic mass is 9.78. The van der Waals surface area contributed by atoms with E-state index in [1.807, 2.05) is 27.7 Å². The molecule has 3 rings (SSSR count). The second-order valence-electron chi connectivity index (χ2n) is 6.36. The third kappa shape index (κ3) is 2.24. The highest BCUT2D eigenvalue weighted by Gasteiger charge is 2.52. The van der Waals surface area contributed by atoms with E-state index in [0.717, 1.165) is 4.68 Å². The lowest BCUT2D eigenvalue weighted by Gasteiger charge is -2.32. The SMILES string of the molecule is CC1(C)OB(c2ccc3nn(CF)c(Cl)c3c2Cl)OC1(C)C. The number of aromatic nitrogens is 2. The van der Waals surface area contributed by atoms with Crippen LogP contribution in [0.5, 0.6) is 0 Å². The van der Waals surface area contributed by atoms with Crippen LogP contribution in [0.2, 0.25) is 10.2 Å². The van der Waals surface area contributed by atoms with E-state index in [0.29, 0.717) is 21.4 Å². The zero-order valence-corrected chi connectivity index (χ0v) is 14.3. The van der Waals surface area contributed by atoms with Crippen molar-refractivity contribution in [2.24, 2.45) is 0 Å². The first-order valence-electron chi connectivity index (χ1n) is 6.94. The van der Waals surface area contributed by atoms with Crippen molar-refractivity contribution < 1.29 is 13.7 Å². The molecule has 8 heteroatoms. The van der Waals surface area contributed by atoms with E-state index in [1.54, 1.807) is 12.1 Å². The van der Waals surface area contributed by atoms with Crippen LogP contribution in [0.3, 0.4) is 0 Å². The molecule has 0 radical (unpaired) electrons. The Morgan fingerprint density at radius 1 is 1.18 bits per heavy atom. The van der Waals surface area contributed by atoms with E-state index >= 15 is 0 Å². The van der Waals surface area contributed by atoms with Crippen molar-refractivity contribution in [1.29, 1.82) is 0 Å². The van der Waals surface area contributed by atoms with E-state index in [2.05, 4.69) is 5.10 Å². The number of benzene rings is 1. The van der Waals surface area contributed by atoms with Gasteiger partial charge in [0.1, 0.15) is 5.15 Å². The molecule has 1 saturated heterocycles. The second kappa shape index (κ2) is 5.10. The lowest BCUT2D eigenvalue weighted by Crippen LogP contribution is -2.41. The molecule has 1 fully saturated rings. The molecule has 0 amide bonds. The molecule has 0 saturated carbocycles. The van der Waals surface area contributed by atoms with Crippen LogP contribution >= 0.6 is 23.2 Å². The quantitative estimate of drug-likeness (QED) is 0.781. The van der Waals surface area contributed by atoms with Crippen molar-refractivity contribution in [1.82, 2.24) is 9.78 Å². The predicted molar refractivity (Wildman–Crippen MR) is 86.6 cm³/mol. The Balaban J connectivity index is 2.10. The van der Waals surface area contributed by atoms with Gasteiger partial charge in [-0.15, -0.1) is 0 Å². The van der Waals surface area contributed by atoms with Crippen LogP contribution < -0.4 is 5.46 Å². The maximum atomic E-state index is 12.9. The highest BCUT2D eigenvalue weighted by molar-refractivity contribution is 6.67. The first kappa shape index (κ1) is 16.1. The maximum Gasteiger partial charge on any atom is 0.496 e. The highest BCUT2D eigenvalue weighted by Crippen LogP contribution is 2.38. The number of hydrogen-bond acceptors (Lipinski definition) is 3. The first-order valence-corrected chi connectivity index (χ1v) is 7.69. The van der Waals surface area contributed by atoms with Gasteiger partial charge in [-0.05, 0) is 33.8 Å². The summed E-state index contributed by atoms with van der Waals surface area (Å²) in [5.41, 5.74) is 0.257. The van der Waals surface area contributed by atoms with Gasteiger partial charge in [0.25, 0.3) is 0 Å². The maximum absolute atomic E-state index is 12.9. The summed E-state index contributed by atoms with van der Waals surface area (Å²) >= 11 is 12.6. The molecular formula is C14H16BCl2FN2O2. The van der Waals surface area contributed by atoms with Crippen molar-refractivity contribution >= 4 is 46.7 Å². The Kier molecular flexibility index (Phi) is 3.72. The summed E-state index contributed by atoms with van der Waals surface area (Å²) in [6.07, 6.45) is 0. The van der Waals surface area contributed by atoms with Gasteiger partial charge in [0, 0.05) is 5.46 Å². The Labute approximate surface area is 138 Å². The Bertz CT molecular complexity index is 732. The van der Waals surface area contributed by atoms with Crippen LogP contribution in [0.15, 0.2) is 12.1 Å². The fraction of sp³-hybridized carbons (Fsp3) is 0.500. The zero-order valence-electron chi connectivity index (χ0n) is 12.8. The number of hydrogen-bond donors (Lipinski definition) is 0. The van der Waals surface area contributed by atoms with Gasteiger partial charge in [-0.2, -0.15) is 5.10 Å². The predicted octanol–water partition coefficient (Wildman–Crippen LogP) is 3.57. The number of fused-ring (bicyclic) bond motifs is 1. The van der Waals surface area contributed by atoms with Gasteiger partial charge in [-0.25, -0.2) is 9.07 Å². The standard InChI is InChI=1S/C14H16BCl2FN2O2/c1-13(2)14(3,4)22-15(21-13)8-5-6-9-10(11(8)16)12(17)20(7-18)19-9/h5-6H,7H2,1-4H3. The van der Waals surface area contributed by atoms with Crippen molar-refractivity contribution in [2.75, 3.05) is 0 Å². The van der Waals surface area contributed by atoms with Gasteiger partial charge in [0.05, 0.1) is 27.1 Å². The third-order valence-corrected chi connectivity index (χ3v) is 5.22. The van der Waals surface area contributed by atoms with E-state index in [1.165, 1.54) is 0 Å². The number of rotatable bonds is 2. The summed E-state index contributed by atoms with van der Waals surface area (Å²) in [6, 6.07) is 3.51. The lowest BCUT2D eigenvalue weighted by molar-refractivity contribution is 0.00578. The molecule has 1 aliphatic rings. The van der Waals surface area contributed by atoms with Crippen LogP contribution in [0, 0.1) is 0 Å². The Morgan fingerprint density at radius 3 is 2.32 bits per heavy atom. The van der Waals surface area contributed by atoms with E-state index in [4.69, 9.17) is 32.5 Å². The summed E-state index contributed by atoms with van der Waals surface area (Å²) in [5.74, 6) is 0. The summed E-state index contributed by atoms with van der Waals surface area (Å²) in [5, 5.41) is 5.11. The molecule has 1 aliphatic heterocycles. The zero-order chi connectivity index (χ0) is 16.3. The fourth-order valence-electron chi connectivity index (χ4n) is 2.40. The smallest absolute Gasteiger partial charge is 0.399 e. The summed E-state index contributed by atoms with van der Waals surface area (Å²) in [4.78, 5) is 0. The molecule has 0 N–H and O–H groups in total. The third-order valence-electron chi connectivity index (χ3n) is 4.43. The molecule has 1 aromatic carbocycles. The van der Waals surface area contributed by atoms with Gasteiger partial charge < -0.3 is 9.31 Å². The van der Waals surface area contributed by atoms with E-state index in [9.17, 15) is 4.39 Å². The minimum absolute atomic E-state index is 0.167. The number of alkyl halides is 1. The van der Waals surface area contributed by atoms with Crippen molar-refractivity contribution in [2.45, 2.75) is 45.7 Å². The van der Waals surface area contributed by atoms with E-state index < -0.39 is 25.1 Å². The second-order valence-corrected chi connectivity index (χ2v) is 7.10. The molecule has 2 heterocycles. The van der Waals surface area contributed by atoms with E-state index in [-0.39, 0.29) is 5.15 Å². The molecule has 0 bridgehead atoms. The van der Waals surface area contributed by atoms with Gasteiger partial charge in [0.15, 0.2) is 6.80 Å². The summed E-state index contributed by atoms with van der Waals surface area (Å²) in [6.45, 7) is 7.05. The molecule has 4 nitrogen and oxygen atoms in total. The molecule has 0 unspecified atom stereocenters. The van der Waals surface area contributed by atoms with Crippen LogP contribution in [0.1, 0.15) is 27.7 Å². The molecule has 118 valence electrons. The van der Waals surface area contributed by atoms with Gasteiger partial charge in [-0.3, -0.25) is 0 Å². The monoisotopic (exact) mass is 344 g/mol. The summed E-state index contributed by atoms with van der Waals surface area (Å²) in [7, 11) is -0.605. The van der Waals surface area contributed by atoms with Crippen LogP contribution in [0.4, 0.5) is 4.39 Å². The minimum Gasteiger partial charge on any atom is -0.399 e. The van der Waals surface area contributed by atoms with Gasteiger partial charge in [0.2, 0.25) is 0 Å². The number of nitrogens with zero attached hydrogens (tertiary/aromatic N) is 2. The van der Waals surface area contributed by atoms with Crippen LogP contribution in [0.25, 0.3) is 10.9 Å². The summed E-state index contributed by atoms with van der Waals surface area (Å²) < 4.78 is 25.9. The first-order chi connectivity index (χ1) is 10.2. The molecule has 0 aliphatic carbocycles. The van der Waals surface area contributed by atoms with Crippen LogP contribution in [-0.2, 0) is 16.1 Å². The fourth-order valence-corrected chi connectivity index (χ4v) is 3.06. The van der Waals surface area contributed by atoms with Crippen molar-refractivity contribution in [3.8, 4) is 0 Å². The minimum atomic E-state index is -0.810. The normalized spacial score (nSPS) is 20.0. The van der Waals surface area contributed by atoms with Crippen molar-refractivity contribution in [3.05, 3.63) is 22.3 Å². The van der Waals surface area contributed by atoms with Gasteiger partial charge in [-0.1, -0.05) is 29.3 Å². The topological polar surface area (TPSA) is 36.3 Å². The largest absolute Gasteiger partial charge is 0.496 e. The average Bonchev–Trinajstić information content (AvgIpc) is 2.85. The molecular weight excluding hydrogens is 329 g/mol.